The first-order chi connectivity index (χ1) is 12.6. The predicted octanol–water partition coefficient (Wildman–Crippen LogP) is 3.51. The second-order valence-electron chi connectivity index (χ2n) is 7.58. The SMILES string of the molecule is CC(C)(C)c1ccc(C(=O)C2(N)C([N+](=O)[O-])=CC(C(F)(F)F)=CC2N)c(Cl)c1. The number of ketones is 1. The fourth-order valence-corrected chi connectivity index (χ4v) is 3.11. The number of rotatable bonds is 3. The van der Waals surface area contributed by atoms with Crippen LogP contribution in [0.4, 0.5) is 13.2 Å². The Bertz CT molecular complexity index is 904. The van der Waals surface area contributed by atoms with E-state index in [1.54, 1.807) is 6.07 Å². The van der Waals surface area contributed by atoms with Crippen LogP contribution in [0.1, 0.15) is 36.7 Å². The average Bonchev–Trinajstić information content (AvgIpc) is 2.54. The predicted molar refractivity (Wildman–Crippen MR) is 98.6 cm³/mol. The van der Waals surface area contributed by atoms with E-state index in [0.717, 1.165) is 5.56 Å². The molecule has 10 heteroatoms. The minimum absolute atomic E-state index is 0.0252. The van der Waals surface area contributed by atoms with E-state index in [0.29, 0.717) is 6.08 Å². The Hall–Kier alpha value is -2.23. The first-order valence-corrected chi connectivity index (χ1v) is 8.52. The summed E-state index contributed by atoms with van der Waals surface area (Å²) in [5.74, 6) is -1.04. The summed E-state index contributed by atoms with van der Waals surface area (Å²) in [6.07, 6.45) is -4.14. The number of Topliss-reactive ketones (excluding diaryl/α,β-unsaturated/α-hetero) is 1. The van der Waals surface area contributed by atoms with Crippen molar-refractivity contribution in [1.29, 1.82) is 0 Å². The van der Waals surface area contributed by atoms with Gasteiger partial charge in [-0.1, -0.05) is 44.5 Å². The van der Waals surface area contributed by atoms with Gasteiger partial charge in [0, 0.05) is 11.6 Å². The number of carbonyl (C=O) groups is 1. The smallest absolute Gasteiger partial charge is 0.322 e. The number of hydrogen-bond donors (Lipinski definition) is 2. The number of nitrogens with two attached hydrogens (primary N) is 2. The summed E-state index contributed by atoms with van der Waals surface area (Å²) in [5.41, 5.74) is 7.02. The number of nitrogens with zero attached hydrogens (tertiary/aromatic N) is 1. The monoisotopic (exact) mass is 417 g/mol. The molecular weight excluding hydrogens is 399 g/mol. The van der Waals surface area contributed by atoms with E-state index in [1.165, 1.54) is 12.1 Å². The van der Waals surface area contributed by atoms with Crippen molar-refractivity contribution in [2.24, 2.45) is 11.5 Å². The minimum atomic E-state index is -4.88. The molecule has 0 aromatic heterocycles. The minimum Gasteiger partial charge on any atom is -0.322 e. The van der Waals surface area contributed by atoms with E-state index < -0.39 is 39.7 Å². The lowest BCUT2D eigenvalue weighted by molar-refractivity contribution is -0.433. The van der Waals surface area contributed by atoms with Gasteiger partial charge in [0.05, 0.1) is 21.6 Å². The molecule has 0 saturated heterocycles. The van der Waals surface area contributed by atoms with E-state index in [4.69, 9.17) is 23.1 Å². The van der Waals surface area contributed by atoms with Gasteiger partial charge in [0.1, 0.15) is 0 Å². The van der Waals surface area contributed by atoms with Crippen LogP contribution in [0.5, 0.6) is 0 Å². The normalized spacial score (nSPS) is 23.1. The van der Waals surface area contributed by atoms with Gasteiger partial charge in [0.25, 0.3) is 5.70 Å². The Balaban J connectivity index is 2.59. The molecule has 1 aliphatic carbocycles. The standard InChI is InChI=1S/C18H19ClF3N3O3/c1-16(2,3)9-4-5-11(12(19)6-9)15(26)17(24)13(23)7-10(18(20,21)22)8-14(17)25(27)28/h4-8,13H,23-24H2,1-3H3. The van der Waals surface area contributed by atoms with Crippen LogP contribution in [-0.2, 0) is 5.41 Å². The maximum atomic E-state index is 13.0. The lowest BCUT2D eigenvalue weighted by Gasteiger charge is -2.33. The third kappa shape index (κ3) is 3.82. The molecular formula is C18H19ClF3N3O3. The van der Waals surface area contributed by atoms with Crippen molar-refractivity contribution in [2.75, 3.05) is 0 Å². The van der Waals surface area contributed by atoms with Gasteiger partial charge in [-0.15, -0.1) is 0 Å². The fraction of sp³-hybridized carbons (Fsp3) is 0.389. The molecule has 0 spiro atoms. The van der Waals surface area contributed by atoms with Crippen molar-refractivity contribution in [3.05, 3.63) is 67.9 Å². The number of carbonyl (C=O) groups excluding carboxylic acids is 1. The maximum Gasteiger partial charge on any atom is 0.416 e. The number of benzene rings is 1. The van der Waals surface area contributed by atoms with Gasteiger partial charge in [0.15, 0.2) is 11.3 Å². The Morgan fingerprint density at radius 1 is 1.29 bits per heavy atom. The summed E-state index contributed by atoms with van der Waals surface area (Å²) >= 11 is 6.19. The van der Waals surface area contributed by atoms with Crippen LogP contribution in [0.3, 0.4) is 0 Å². The zero-order chi connectivity index (χ0) is 21.7. The van der Waals surface area contributed by atoms with Gasteiger partial charge in [-0.3, -0.25) is 14.9 Å². The van der Waals surface area contributed by atoms with Crippen LogP contribution in [0, 0.1) is 10.1 Å². The van der Waals surface area contributed by atoms with Crippen molar-refractivity contribution in [3.8, 4) is 0 Å². The number of allylic oxidation sites excluding steroid dienone is 2. The second kappa shape index (κ2) is 6.98. The highest BCUT2D eigenvalue weighted by atomic mass is 35.5. The van der Waals surface area contributed by atoms with Gasteiger partial charge in [0.2, 0.25) is 0 Å². The Morgan fingerprint density at radius 2 is 1.86 bits per heavy atom. The molecule has 1 aliphatic rings. The zero-order valence-electron chi connectivity index (χ0n) is 15.3. The molecule has 4 N–H and O–H groups in total. The summed E-state index contributed by atoms with van der Waals surface area (Å²) in [7, 11) is 0. The van der Waals surface area contributed by atoms with Crippen molar-refractivity contribution >= 4 is 17.4 Å². The van der Waals surface area contributed by atoms with Gasteiger partial charge >= 0.3 is 6.18 Å². The topological polar surface area (TPSA) is 112 Å². The molecule has 152 valence electrons. The van der Waals surface area contributed by atoms with Crippen molar-refractivity contribution in [1.82, 2.24) is 0 Å². The summed E-state index contributed by atoms with van der Waals surface area (Å²) in [6, 6.07) is 2.68. The van der Waals surface area contributed by atoms with E-state index in [1.807, 2.05) is 20.8 Å². The van der Waals surface area contributed by atoms with Gasteiger partial charge in [-0.25, -0.2) is 0 Å². The molecule has 0 amide bonds. The largest absolute Gasteiger partial charge is 0.416 e. The van der Waals surface area contributed by atoms with E-state index in [-0.39, 0.29) is 22.1 Å². The third-order valence-corrected chi connectivity index (χ3v) is 4.89. The first-order valence-electron chi connectivity index (χ1n) is 8.15. The van der Waals surface area contributed by atoms with Crippen molar-refractivity contribution in [2.45, 2.75) is 43.9 Å². The maximum absolute atomic E-state index is 13.0. The Morgan fingerprint density at radius 3 is 2.29 bits per heavy atom. The van der Waals surface area contributed by atoms with Gasteiger partial charge < -0.3 is 11.5 Å². The molecule has 0 fully saturated rings. The lowest BCUT2D eigenvalue weighted by atomic mass is 9.76. The highest BCUT2D eigenvalue weighted by Crippen LogP contribution is 2.37. The van der Waals surface area contributed by atoms with Gasteiger partial charge in [-0.2, -0.15) is 13.2 Å². The van der Waals surface area contributed by atoms with Crippen LogP contribution in [0.2, 0.25) is 5.02 Å². The van der Waals surface area contributed by atoms with Crippen molar-refractivity contribution < 1.29 is 22.9 Å². The molecule has 2 unspecified atom stereocenters. The first kappa shape index (κ1) is 22.1. The molecule has 2 rings (SSSR count). The number of nitro groups is 1. The van der Waals surface area contributed by atoms with Crippen LogP contribution in [0.15, 0.2) is 41.6 Å². The summed E-state index contributed by atoms with van der Waals surface area (Å²) in [6.45, 7) is 5.75. The van der Waals surface area contributed by atoms with Crippen LogP contribution in [-0.4, -0.2) is 28.5 Å². The van der Waals surface area contributed by atoms with Crippen molar-refractivity contribution in [3.63, 3.8) is 0 Å². The molecule has 0 heterocycles. The number of hydrogen-bond acceptors (Lipinski definition) is 5. The highest BCUT2D eigenvalue weighted by molar-refractivity contribution is 6.34. The highest BCUT2D eigenvalue weighted by Gasteiger charge is 2.55. The molecule has 1 aromatic carbocycles. The molecule has 1 aromatic rings. The summed E-state index contributed by atoms with van der Waals surface area (Å²) in [5, 5.41) is 11.4. The molecule has 0 radical (unpaired) electrons. The number of alkyl halides is 3. The lowest BCUT2D eigenvalue weighted by Crippen LogP contribution is -2.64. The zero-order valence-corrected chi connectivity index (χ0v) is 16.1. The van der Waals surface area contributed by atoms with Gasteiger partial charge in [-0.05, 0) is 23.1 Å². The average molecular weight is 418 g/mol. The third-order valence-electron chi connectivity index (χ3n) is 4.58. The summed E-state index contributed by atoms with van der Waals surface area (Å²) in [4.78, 5) is 23.3. The van der Waals surface area contributed by atoms with Crippen LogP contribution in [0.25, 0.3) is 0 Å². The molecule has 0 bridgehead atoms. The molecule has 0 saturated carbocycles. The van der Waals surface area contributed by atoms with Crippen LogP contribution >= 0.6 is 11.6 Å². The molecule has 6 nitrogen and oxygen atoms in total. The molecule has 0 aliphatic heterocycles. The number of halogens is 4. The Kier molecular flexibility index (Phi) is 5.50. The van der Waals surface area contributed by atoms with E-state index in [2.05, 4.69) is 0 Å². The Labute approximate surface area is 164 Å². The van der Waals surface area contributed by atoms with E-state index >= 15 is 0 Å². The van der Waals surface area contributed by atoms with E-state index in [9.17, 15) is 28.1 Å². The quantitative estimate of drug-likeness (QED) is 0.444. The molecule has 28 heavy (non-hydrogen) atoms. The second-order valence-corrected chi connectivity index (χ2v) is 7.98. The van der Waals surface area contributed by atoms with Crippen LogP contribution < -0.4 is 11.5 Å². The summed E-state index contributed by atoms with van der Waals surface area (Å²) < 4.78 is 39.0. The molecule has 2 atom stereocenters. The fourth-order valence-electron chi connectivity index (χ4n) is 2.85.